The van der Waals surface area contributed by atoms with Gasteiger partial charge in [0.05, 0.1) is 25.6 Å². The van der Waals surface area contributed by atoms with Gasteiger partial charge >= 0.3 is 0 Å². The summed E-state index contributed by atoms with van der Waals surface area (Å²) in [6.07, 6.45) is 2.52. The molecule has 2 N–H and O–H groups in total. The molecule has 0 aliphatic rings. The minimum atomic E-state index is -4.09. The van der Waals surface area contributed by atoms with Crippen LogP contribution in [0.25, 0.3) is 11.2 Å². The fourth-order valence-electron chi connectivity index (χ4n) is 2.57. The summed E-state index contributed by atoms with van der Waals surface area (Å²) < 4.78 is 25.3. The van der Waals surface area contributed by atoms with E-state index in [-0.39, 0.29) is 6.61 Å². The monoisotopic (exact) mass is 468 g/mol. The van der Waals surface area contributed by atoms with Gasteiger partial charge < -0.3 is 29.0 Å². The van der Waals surface area contributed by atoms with Crippen LogP contribution in [0.4, 0.5) is 5.82 Å². The maximum absolute atomic E-state index is 12.1. The second kappa shape index (κ2) is 9.11. The normalized spacial score (nSPS) is 14.8. The Morgan fingerprint density at radius 3 is 2.79 bits per heavy atom. The average molecular weight is 469 g/mol. The molecule has 0 aliphatic carbocycles. The predicted octanol–water partition coefficient (Wildman–Crippen LogP) is 2.35. The van der Waals surface area contributed by atoms with Crippen molar-refractivity contribution in [1.82, 2.24) is 19.5 Å². The molecule has 0 aliphatic heterocycles. The average Bonchev–Trinajstić information content (AvgIpc) is 3.06. The second-order valence-corrected chi connectivity index (χ2v) is 8.91. The van der Waals surface area contributed by atoms with E-state index < -0.39 is 20.0 Å². The number of imidazole rings is 1. The number of anilines is 1. The van der Waals surface area contributed by atoms with Crippen LogP contribution in [0, 0.1) is 0 Å². The Morgan fingerprint density at radius 2 is 2.04 bits per heavy atom. The minimum Gasteiger partial charge on any atom is -0.777 e. The van der Waals surface area contributed by atoms with Crippen molar-refractivity contribution in [2.45, 2.75) is 26.0 Å². The number of benzene rings is 1. The molecule has 150 valence electrons. The van der Waals surface area contributed by atoms with Gasteiger partial charge in [0.2, 0.25) is 0 Å². The van der Waals surface area contributed by atoms with Crippen LogP contribution in [0.5, 0.6) is 0 Å². The van der Waals surface area contributed by atoms with E-state index in [1.54, 1.807) is 17.8 Å². The van der Waals surface area contributed by atoms with Crippen molar-refractivity contribution >= 4 is 40.5 Å². The maximum Gasteiger partial charge on any atom is 0.165 e. The molecule has 0 radical (unpaired) electrons. The topological polar surface area (TPSA) is 128 Å². The Hall–Kier alpha value is -1.84. The lowest BCUT2D eigenvalue weighted by Gasteiger charge is -2.25. The van der Waals surface area contributed by atoms with E-state index in [2.05, 4.69) is 30.9 Å². The molecule has 2 heterocycles. The highest BCUT2D eigenvalue weighted by atomic mass is 79.9. The van der Waals surface area contributed by atoms with Gasteiger partial charge in [-0.3, -0.25) is 0 Å². The van der Waals surface area contributed by atoms with Gasteiger partial charge in [0.25, 0.3) is 0 Å². The van der Waals surface area contributed by atoms with Gasteiger partial charge in [-0.05, 0) is 31.0 Å². The third kappa shape index (κ3) is 5.59. The number of nitrogens with zero attached hydrogens (tertiary/aromatic N) is 4. The molecule has 0 spiro atoms. The van der Waals surface area contributed by atoms with Gasteiger partial charge in [-0.25, -0.2) is 15.0 Å². The van der Waals surface area contributed by atoms with Crippen molar-refractivity contribution in [3.8, 4) is 0 Å². The Morgan fingerprint density at radius 1 is 1.29 bits per heavy atom. The van der Waals surface area contributed by atoms with Crippen molar-refractivity contribution in [3.63, 3.8) is 0 Å². The minimum absolute atomic E-state index is 0.0719. The number of aromatic nitrogens is 4. The largest absolute Gasteiger partial charge is 0.777 e. The fraction of sp³-hybridized carbons (Fsp3) is 0.353. The van der Waals surface area contributed by atoms with Gasteiger partial charge in [0, 0.05) is 4.47 Å². The lowest BCUT2D eigenvalue weighted by molar-refractivity contribution is -0.205. The molecule has 0 bridgehead atoms. The number of hydrogen-bond acceptors (Lipinski definition) is 8. The van der Waals surface area contributed by atoms with Crippen molar-refractivity contribution in [2.24, 2.45) is 0 Å². The van der Waals surface area contributed by atoms with E-state index in [1.807, 2.05) is 24.3 Å². The highest BCUT2D eigenvalue weighted by Crippen LogP contribution is 2.37. The first-order chi connectivity index (χ1) is 13.3. The first-order valence-corrected chi connectivity index (χ1v) is 11.1. The van der Waals surface area contributed by atoms with Crippen LogP contribution in [0.15, 0.2) is 41.4 Å². The summed E-state index contributed by atoms with van der Waals surface area (Å²) in [6.45, 7) is 2.20. The van der Waals surface area contributed by atoms with Crippen molar-refractivity contribution < 1.29 is 18.7 Å². The van der Waals surface area contributed by atoms with Gasteiger partial charge in [0.15, 0.2) is 19.1 Å². The predicted molar refractivity (Wildman–Crippen MR) is 107 cm³/mol. The van der Waals surface area contributed by atoms with Gasteiger partial charge in [0.1, 0.15) is 18.2 Å². The van der Waals surface area contributed by atoms with Crippen LogP contribution in [0.3, 0.4) is 0 Å². The van der Waals surface area contributed by atoms with E-state index in [9.17, 15) is 9.46 Å². The molecule has 28 heavy (non-hydrogen) atoms. The van der Waals surface area contributed by atoms with E-state index in [0.29, 0.717) is 29.9 Å². The standard InChI is InChI=1S/C17H21BrN5O4P/c1-12(8-23-10-22-15-16(19)20-9-21-17(15)23)26-11-28(24,25)27-7-6-13-2-4-14(18)5-3-13/h2-5,9-10,12H,6-8,11H2,1H3,(H,24,25)(H2,19,20,21)/p-1/t12-/m1/s1. The zero-order chi connectivity index (χ0) is 20.1. The van der Waals surface area contributed by atoms with E-state index >= 15 is 0 Å². The van der Waals surface area contributed by atoms with E-state index in [1.165, 1.54) is 6.33 Å². The summed E-state index contributed by atoms with van der Waals surface area (Å²) in [5, 5.41) is 0. The molecule has 11 heteroatoms. The quantitative estimate of drug-likeness (QED) is 0.473. The molecule has 0 fully saturated rings. The number of hydrogen-bond donors (Lipinski definition) is 1. The number of nitrogens with two attached hydrogens (primary N) is 1. The first kappa shape index (κ1) is 20.9. The molecule has 1 unspecified atom stereocenters. The van der Waals surface area contributed by atoms with Crippen molar-refractivity contribution in [2.75, 3.05) is 18.7 Å². The number of halogens is 1. The Kier molecular flexibility index (Phi) is 6.79. The fourth-order valence-corrected chi connectivity index (χ4v) is 3.72. The molecule has 0 saturated carbocycles. The second-order valence-electron chi connectivity index (χ2n) is 6.26. The van der Waals surface area contributed by atoms with Gasteiger partial charge in [-0.2, -0.15) is 0 Å². The van der Waals surface area contributed by atoms with Crippen LogP contribution in [-0.4, -0.2) is 38.6 Å². The summed E-state index contributed by atoms with van der Waals surface area (Å²) in [7, 11) is -4.09. The van der Waals surface area contributed by atoms with Crippen LogP contribution in [0.1, 0.15) is 12.5 Å². The highest BCUT2D eigenvalue weighted by molar-refractivity contribution is 9.10. The first-order valence-electron chi connectivity index (χ1n) is 8.56. The Labute approximate surface area is 170 Å². The summed E-state index contributed by atoms with van der Waals surface area (Å²) in [6, 6.07) is 7.62. The number of nitrogen functional groups attached to an aromatic ring is 1. The zero-order valence-electron chi connectivity index (χ0n) is 15.2. The molecular formula is C17H20BrN5O4P-. The third-order valence-corrected chi connectivity index (χ3v) is 5.56. The van der Waals surface area contributed by atoms with Crippen molar-refractivity contribution in [3.05, 3.63) is 47.0 Å². The number of ether oxygens (including phenoxy) is 1. The van der Waals surface area contributed by atoms with Crippen LogP contribution >= 0.6 is 23.5 Å². The maximum atomic E-state index is 12.1. The number of fused-ring (bicyclic) bond motifs is 1. The molecule has 0 amide bonds. The summed E-state index contributed by atoms with van der Waals surface area (Å²) >= 11 is 3.36. The van der Waals surface area contributed by atoms with E-state index in [4.69, 9.17) is 15.0 Å². The molecular weight excluding hydrogens is 449 g/mol. The Bertz CT molecular complexity index is 981. The van der Waals surface area contributed by atoms with Crippen molar-refractivity contribution in [1.29, 1.82) is 0 Å². The molecule has 3 aromatic rings. The summed E-state index contributed by atoms with van der Waals surface area (Å²) in [5.74, 6) is 0.292. The van der Waals surface area contributed by atoms with Gasteiger partial charge in [-0.1, -0.05) is 28.1 Å². The van der Waals surface area contributed by atoms with Crippen LogP contribution < -0.4 is 10.6 Å². The summed E-state index contributed by atoms with van der Waals surface area (Å²) in [5.41, 5.74) is 7.82. The smallest absolute Gasteiger partial charge is 0.165 e. The van der Waals surface area contributed by atoms with Crippen LogP contribution in [-0.2, 0) is 26.8 Å². The lowest BCUT2D eigenvalue weighted by Crippen LogP contribution is -2.20. The molecule has 2 atom stereocenters. The van der Waals surface area contributed by atoms with E-state index in [0.717, 1.165) is 10.0 Å². The molecule has 2 aromatic heterocycles. The number of rotatable bonds is 9. The lowest BCUT2D eigenvalue weighted by atomic mass is 10.2. The molecule has 0 saturated heterocycles. The zero-order valence-corrected chi connectivity index (χ0v) is 17.7. The van der Waals surface area contributed by atoms with Gasteiger partial charge in [-0.15, -0.1) is 0 Å². The molecule has 9 nitrogen and oxygen atoms in total. The molecule has 1 aromatic carbocycles. The van der Waals surface area contributed by atoms with Crippen LogP contribution in [0.2, 0.25) is 0 Å². The SMILES string of the molecule is C[C@H](Cn1cnc2c(N)ncnc21)OCP(=O)([O-])OCCc1ccc(Br)cc1. The Balaban J connectivity index is 1.47. The molecule has 3 rings (SSSR count). The highest BCUT2D eigenvalue weighted by Gasteiger charge is 2.14. The third-order valence-electron chi connectivity index (χ3n) is 3.99. The summed E-state index contributed by atoms with van der Waals surface area (Å²) in [4.78, 5) is 24.3.